The zero-order chi connectivity index (χ0) is 25.2. The Balaban J connectivity index is 1.34. The number of nitrogens with two attached hydrogens (primary N) is 1. The number of amides is 2. The molecule has 4 aromatic rings. The number of hydrogen-bond donors (Lipinski definition) is 2. The van der Waals surface area contributed by atoms with Gasteiger partial charge in [-0.15, -0.1) is 0 Å². The van der Waals surface area contributed by atoms with E-state index in [2.05, 4.69) is 25.2 Å². The van der Waals surface area contributed by atoms with Crippen LogP contribution in [0.3, 0.4) is 0 Å². The van der Waals surface area contributed by atoms with Crippen LogP contribution >= 0.6 is 0 Å². The highest BCUT2D eigenvalue weighted by Crippen LogP contribution is 2.41. The van der Waals surface area contributed by atoms with Crippen LogP contribution in [0.5, 0.6) is 0 Å². The second-order valence-corrected chi connectivity index (χ2v) is 9.24. The second-order valence-electron chi connectivity index (χ2n) is 9.24. The molecule has 0 aromatic heterocycles. The maximum Gasteiger partial charge on any atom is 0.258 e. The van der Waals surface area contributed by atoms with Crippen LogP contribution in [0.1, 0.15) is 51.6 Å². The Morgan fingerprint density at radius 2 is 1.50 bits per heavy atom. The van der Waals surface area contributed by atoms with Gasteiger partial charge in [0.15, 0.2) is 0 Å². The first kappa shape index (κ1) is 23.5. The van der Waals surface area contributed by atoms with Crippen molar-refractivity contribution in [3.63, 3.8) is 0 Å². The fourth-order valence-electron chi connectivity index (χ4n) is 4.88. The van der Waals surface area contributed by atoms with Gasteiger partial charge in [0.1, 0.15) is 0 Å². The van der Waals surface area contributed by atoms with E-state index in [0.29, 0.717) is 23.4 Å². The van der Waals surface area contributed by atoms with Crippen LogP contribution in [0.15, 0.2) is 97.1 Å². The summed E-state index contributed by atoms with van der Waals surface area (Å²) in [6, 6.07) is 30.7. The topological polar surface area (TPSA) is 75.4 Å². The minimum absolute atomic E-state index is 0.0385. The first-order valence-electron chi connectivity index (χ1n) is 12.2. The van der Waals surface area contributed by atoms with E-state index in [-0.39, 0.29) is 23.8 Å². The summed E-state index contributed by atoms with van der Waals surface area (Å²) in [6.07, 6.45) is 0. The standard InChI is InChI=1S/C31H29N3O2/c1-20-21(2)34(29-10-6-5-7-26(20)29)31(36)24-15-17-25(18-16-24)33-30(35)28-9-4-3-8-27(28)23-13-11-22(19-32)12-14-23/h3-18,20-21H,19,32H2,1-2H3,(H,33,35). The van der Waals surface area contributed by atoms with Crippen molar-refractivity contribution in [3.05, 3.63) is 119 Å². The van der Waals surface area contributed by atoms with Crippen molar-refractivity contribution in [1.29, 1.82) is 0 Å². The van der Waals surface area contributed by atoms with E-state index in [9.17, 15) is 9.59 Å². The number of anilines is 2. The summed E-state index contributed by atoms with van der Waals surface area (Å²) in [5.41, 5.74) is 12.5. The summed E-state index contributed by atoms with van der Waals surface area (Å²) in [6.45, 7) is 4.71. The predicted octanol–water partition coefficient (Wildman–Crippen LogP) is 6.22. The summed E-state index contributed by atoms with van der Waals surface area (Å²) < 4.78 is 0. The molecule has 5 heteroatoms. The molecule has 0 fully saturated rings. The normalized spacial score (nSPS) is 16.5. The Morgan fingerprint density at radius 3 is 2.22 bits per heavy atom. The highest BCUT2D eigenvalue weighted by atomic mass is 16.2. The van der Waals surface area contributed by atoms with Crippen molar-refractivity contribution in [1.82, 2.24) is 0 Å². The van der Waals surface area contributed by atoms with Crippen LogP contribution in [0.2, 0.25) is 0 Å². The van der Waals surface area contributed by atoms with Gasteiger partial charge in [0.2, 0.25) is 0 Å². The lowest BCUT2D eigenvalue weighted by Gasteiger charge is -2.24. The Hall–Kier alpha value is -4.22. The van der Waals surface area contributed by atoms with Crippen molar-refractivity contribution in [2.75, 3.05) is 10.2 Å². The first-order valence-corrected chi connectivity index (χ1v) is 12.2. The SMILES string of the molecule is CC1c2ccccc2N(C(=O)c2ccc(NC(=O)c3ccccc3-c3ccc(CN)cc3)cc2)C1C. The average Bonchev–Trinajstić information content (AvgIpc) is 3.18. The molecule has 5 rings (SSSR count). The summed E-state index contributed by atoms with van der Waals surface area (Å²) in [5, 5.41) is 2.97. The molecule has 2 atom stereocenters. The van der Waals surface area contributed by atoms with E-state index in [1.807, 2.05) is 71.6 Å². The molecular weight excluding hydrogens is 446 g/mol. The quantitative estimate of drug-likeness (QED) is 0.360. The fraction of sp³-hybridized carbons (Fsp3) is 0.161. The maximum atomic E-state index is 13.4. The molecule has 1 heterocycles. The molecule has 1 aliphatic rings. The molecule has 5 nitrogen and oxygen atoms in total. The fourth-order valence-corrected chi connectivity index (χ4v) is 4.88. The van der Waals surface area contributed by atoms with Gasteiger partial charge in [0.25, 0.3) is 11.8 Å². The second kappa shape index (κ2) is 9.80. The zero-order valence-corrected chi connectivity index (χ0v) is 20.4. The first-order chi connectivity index (χ1) is 17.5. The molecule has 1 aliphatic heterocycles. The minimum atomic E-state index is -0.205. The van der Waals surface area contributed by atoms with Crippen LogP contribution < -0.4 is 16.0 Å². The third-order valence-electron chi connectivity index (χ3n) is 7.10. The van der Waals surface area contributed by atoms with Crippen LogP contribution in [-0.4, -0.2) is 17.9 Å². The number of para-hydroxylation sites is 1. The molecule has 0 spiro atoms. The summed E-state index contributed by atoms with van der Waals surface area (Å²) >= 11 is 0. The number of nitrogens with one attached hydrogen (secondary N) is 1. The lowest BCUT2D eigenvalue weighted by Crippen LogP contribution is -2.36. The van der Waals surface area contributed by atoms with E-state index in [4.69, 9.17) is 5.73 Å². The predicted molar refractivity (Wildman–Crippen MR) is 145 cm³/mol. The van der Waals surface area contributed by atoms with Crippen LogP contribution in [0, 0.1) is 0 Å². The van der Waals surface area contributed by atoms with Gasteiger partial charge in [-0.1, -0.05) is 67.6 Å². The number of hydrogen-bond acceptors (Lipinski definition) is 3. The van der Waals surface area contributed by atoms with Crippen LogP contribution in [-0.2, 0) is 6.54 Å². The van der Waals surface area contributed by atoms with Crippen molar-refractivity contribution in [2.45, 2.75) is 32.4 Å². The molecule has 0 saturated heterocycles. The lowest BCUT2D eigenvalue weighted by atomic mass is 9.98. The van der Waals surface area contributed by atoms with Gasteiger partial charge < -0.3 is 16.0 Å². The monoisotopic (exact) mass is 475 g/mol. The smallest absolute Gasteiger partial charge is 0.258 e. The molecule has 0 bridgehead atoms. The highest BCUT2D eigenvalue weighted by Gasteiger charge is 2.36. The number of fused-ring (bicyclic) bond motifs is 1. The van der Waals surface area contributed by atoms with E-state index < -0.39 is 0 Å². The summed E-state index contributed by atoms with van der Waals surface area (Å²) in [4.78, 5) is 28.4. The highest BCUT2D eigenvalue weighted by molar-refractivity contribution is 6.10. The van der Waals surface area contributed by atoms with E-state index in [1.165, 1.54) is 5.56 Å². The molecule has 0 aliphatic carbocycles. The summed E-state index contributed by atoms with van der Waals surface area (Å²) in [7, 11) is 0. The lowest BCUT2D eigenvalue weighted by molar-refractivity contribution is 0.0978. The Labute approximate surface area is 211 Å². The Bertz CT molecular complexity index is 1410. The zero-order valence-electron chi connectivity index (χ0n) is 20.4. The van der Waals surface area contributed by atoms with Gasteiger partial charge >= 0.3 is 0 Å². The van der Waals surface area contributed by atoms with Crippen LogP contribution in [0.4, 0.5) is 11.4 Å². The van der Waals surface area contributed by atoms with Crippen molar-refractivity contribution < 1.29 is 9.59 Å². The number of nitrogens with zero attached hydrogens (tertiary/aromatic N) is 1. The third kappa shape index (κ3) is 4.30. The molecule has 36 heavy (non-hydrogen) atoms. The van der Waals surface area contributed by atoms with Crippen LogP contribution in [0.25, 0.3) is 11.1 Å². The Kier molecular flexibility index (Phi) is 6.40. The largest absolute Gasteiger partial charge is 0.326 e. The number of rotatable bonds is 5. The maximum absolute atomic E-state index is 13.4. The van der Waals surface area contributed by atoms with Gasteiger partial charge in [-0.2, -0.15) is 0 Å². The molecule has 0 radical (unpaired) electrons. The van der Waals surface area contributed by atoms with Gasteiger partial charge in [-0.25, -0.2) is 0 Å². The summed E-state index contributed by atoms with van der Waals surface area (Å²) in [5.74, 6) is 0.0298. The molecular formula is C31H29N3O2. The average molecular weight is 476 g/mol. The van der Waals surface area contributed by atoms with Crippen molar-refractivity contribution in [2.24, 2.45) is 5.73 Å². The van der Waals surface area contributed by atoms with Crippen molar-refractivity contribution in [3.8, 4) is 11.1 Å². The third-order valence-corrected chi connectivity index (χ3v) is 7.10. The Morgan fingerprint density at radius 1 is 0.833 bits per heavy atom. The molecule has 2 amide bonds. The number of benzene rings is 4. The van der Waals surface area contributed by atoms with Gasteiger partial charge in [0, 0.05) is 41.0 Å². The number of carbonyl (C=O) groups is 2. The van der Waals surface area contributed by atoms with Gasteiger partial charge in [-0.05, 0) is 65.6 Å². The minimum Gasteiger partial charge on any atom is -0.326 e. The van der Waals surface area contributed by atoms with Gasteiger partial charge in [-0.3, -0.25) is 9.59 Å². The van der Waals surface area contributed by atoms with Gasteiger partial charge in [0.05, 0.1) is 0 Å². The number of carbonyl (C=O) groups excluding carboxylic acids is 2. The molecule has 180 valence electrons. The van der Waals surface area contributed by atoms with E-state index >= 15 is 0 Å². The molecule has 3 N–H and O–H groups in total. The van der Waals surface area contributed by atoms with E-state index in [1.54, 1.807) is 24.3 Å². The van der Waals surface area contributed by atoms with E-state index in [0.717, 1.165) is 22.4 Å². The molecule has 2 unspecified atom stereocenters. The molecule has 4 aromatic carbocycles. The van der Waals surface area contributed by atoms with Crippen molar-refractivity contribution >= 4 is 23.2 Å². The molecule has 0 saturated carbocycles.